The lowest BCUT2D eigenvalue weighted by atomic mass is 10.1. The highest BCUT2D eigenvalue weighted by molar-refractivity contribution is 5.53. The third kappa shape index (κ3) is 3.42. The van der Waals surface area contributed by atoms with Gasteiger partial charge < -0.3 is 11.1 Å². The van der Waals surface area contributed by atoms with Gasteiger partial charge in [0.15, 0.2) is 0 Å². The van der Waals surface area contributed by atoms with Gasteiger partial charge in [0.2, 0.25) is 0 Å². The fraction of sp³-hybridized carbons (Fsp3) is 0.500. The van der Waals surface area contributed by atoms with Crippen molar-refractivity contribution in [1.82, 2.24) is 0 Å². The van der Waals surface area contributed by atoms with Gasteiger partial charge in [-0.3, -0.25) is 0 Å². The average Bonchev–Trinajstić information content (AvgIpc) is 2.21. The van der Waals surface area contributed by atoms with Crippen LogP contribution in [0.2, 0.25) is 0 Å². The highest BCUT2D eigenvalue weighted by atomic mass is 19.1. The maximum atomic E-state index is 13.4. The maximum Gasteiger partial charge on any atom is 0.148 e. The zero-order valence-electron chi connectivity index (χ0n) is 9.39. The molecule has 1 rings (SSSR count). The Labute approximate surface area is 90.7 Å². The van der Waals surface area contributed by atoms with Crippen LogP contribution in [0.4, 0.5) is 15.8 Å². The Balaban J connectivity index is 2.70. The van der Waals surface area contributed by atoms with E-state index in [0.29, 0.717) is 17.4 Å². The summed E-state index contributed by atoms with van der Waals surface area (Å²) in [7, 11) is 0. The van der Waals surface area contributed by atoms with E-state index in [-0.39, 0.29) is 5.82 Å². The van der Waals surface area contributed by atoms with Crippen LogP contribution < -0.4 is 11.1 Å². The van der Waals surface area contributed by atoms with Crippen molar-refractivity contribution in [1.29, 1.82) is 0 Å². The molecule has 1 unspecified atom stereocenters. The molecule has 0 saturated heterocycles. The number of anilines is 2. The molecule has 2 nitrogen and oxygen atoms in total. The van der Waals surface area contributed by atoms with Crippen molar-refractivity contribution in [2.75, 3.05) is 11.1 Å². The van der Waals surface area contributed by atoms with Crippen LogP contribution in [0.15, 0.2) is 18.2 Å². The first-order valence-corrected chi connectivity index (χ1v) is 5.49. The number of rotatable bonds is 5. The Kier molecular flexibility index (Phi) is 4.40. The zero-order chi connectivity index (χ0) is 11.3. The summed E-state index contributed by atoms with van der Waals surface area (Å²) in [5.41, 5.74) is 6.49. The number of benzene rings is 1. The molecule has 0 radical (unpaired) electrons. The van der Waals surface area contributed by atoms with E-state index in [2.05, 4.69) is 19.2 Å². The molecule has 0 amide bonds. The van der Waals surface area contributed by atoms with Gasteiger partial charge in [-0.25, -0.2) is 4.39 Å². The Morgan fingerprint density at radius 3 is 2.67 bits per heavy atom. The van der Waals surface area contributed by atoms with Crippen LogP contribution >= 0.6 is 0 Å². The zero-order valence-corrected chi connectivity index (χ0v) is 9.39. The maximum absolute atomic E-state index is 13.4. The molecule has 1 aromatic rings. The van der Waals surface area contributed by atoms with Crippen LogP contribution in [-0.2, 0) is 0 Å². The molecule has 0 aliphatic rings. The number of hydrogen-bond acceptors (Lipinski definition) is 2. The molecule has 15 heavy (non-hydrogen) atoms. The predicted octanol–water partition coefficient (Wildman–Crippen LogP) is 3.40. The van der Waals surface area contributed by atoms with Gasteiger partial charge in [-0.15, -0.1) is 0 Å². The summed E-state index contributed by atoms with van der Waals surface area (Å²) in [5.74, 6) is -0.274. The van der Waals surface area contributed by atoms with Crippen LogP contribution in [0.1, 0.15) is 33.1 Å². The minimum atomic E-state index is -0.274. The third-order valence-electron chi connectivity index (χ3n) is 2.48. The van der Waals surface area contributed by atoms with E-state index in [9.17, 15) is 4.39 Å². The molecule has 1 aromatic carbocycles. The van der Waals surface area contributed by atoms with Gasteiger partial charge in [-0.1, -0.05) is 20.3 Å². The highest BCUT2D eigenvalue weighted by Gasteiger charge is 2.08. The lowest BCUT2D eigenvalue weighted by Gasteiger charge is -2.18. The monoisotopic (exact) mass is 210 g/mol. The van der Waals surface area contributed by atoms with Crippen molar-refractivity contribution in [2.24, 2.45) is 0 Å². The number of hydrogen-bond donors (Lipinski definition) is 2. The molecule has 0 heterocycles. The Morgan fingerprint density at radius 2 is 2.13 bits per heavy atom. The molecular formula is C12H19FN2. The van der Waals surface area contributed by atoms with Crippen LogP contribution in [0, 0.1) is 5.82 Å². The molecule has 0 fully saturated rings. The Bertz CT molecular complexity index is 312. The minimum absolute atomic E-state index is 0.274. The van der Waals surface area contributed by atoms with Gasteiger partial charge in [0, 0.05) is 11.7 Å². The van der Waals surface area contributed by atoms with Crippen LogP contribution in [0.5, 0.6) is 0 Å². The molecule has 3 heteroatoms. The molecule has 3 N–H and O–H groups in total. The van der Waals surface area contributed by atoms with Crippen molar-refractivity contribution in [2.45, 2.75) is 39.2 Å². The Morgan fingerprint density at radius 1 is 1.40 bits per heavy atom. The van der Waals surface area contributed by atoms with E-state index < -0.39 is 0 Å². The number of halogens is 1. The average molecular weight is 210 g/mol. The second-order valence-electron chi connectivity index (χ2n) is 3.78. The van der Waals surface area contributed by atoms with Crippen LogP contribution in [0.25, 0.3) is 0 Å². The largest absolute Gasteiger partial charge is 0.399 e. The summed E-state index contributed by atoms with van der Waals surface area (Å²) in [6.07, 6.45) is 3.15. The second kappa shape index (κ2) is 5.59. The first-order chi connectivity index (χ1) is 7.17. The topological polar surface area (TPSA) is 38.0 Å². The smallest absolute Gasteiger partial charge is 0.148 e. The molecule has 0 aliphatic heterocycles. The summed E-state index contributed by atoms with van der Waals surface area (Å²) in [5, 5.41) is 3.19. The van der Waals surface area contributed by atoms with E-state index in [1.165, 1.54) is 6.07 Å². The first kappa shape index (κ1) is 11.8. The fourth-order valence-electron chi connectivity index (χ4n) is 1.60. The SMILES string of the molecule is CCCC(CC)Nc1ccc(N)cc1F. The molecule has 1 atom stereocenters. The fourth-order valence-corrected chi connectivity index (χ4v) is 1.60. The number of nitrogen functional groups attached to an aromatic ring is 1. The molecule has 0 bridgehead atoms. The van der Waals surface area contributed by atoms with Crippen LogP contribution in [-0.4, -0.2) is 6.04 Å². The molecule has 0 spiro atoms. The van der Waals surface area contributed by atoms with Crippen molar-refractivity contribution >= 4 is 11.4 Å². The Hall–Kier alpha value is -1.25. The summed E-state index contributed by atoms with van der Waals surface area (Å²) >= 11 is 0. The molecular weight excluding hydrogens is 191 g/mol. The van der Waals surface area contributed by atoms with Gasteiger partial charge >= 0.3 is 0 Å². The normalized spacial score (nSPS) is 12.5. The van der Waals surface area contributed by atoms with Crippen molar-refractivity contribution < 1.29 is 4.39 Å². The molecule has 0 aliphatic carbocycles. The van der Waals surface area contributed by atoms with Crippen molar-refractivity contribution in [3.63, 3.8) is 0 Å². The summed E-state index contributed by atoms with van der Waals surface area (Å²) in [6.45, 7) is 4.23. The number of nitrogens with one attached hydrogen (secondary N) is 1. The third-order valence-corrected chi connectivity index (χ3v) is 2.48. The lowest BCUT2D eigenvalue weighted by Crippen LogP contribution is -2.18. The van der Waals surface area contributed by atoms with Crippen molar-refractivity contribution in [3.8, 4) is 0 Å². The highest BCUT2D eigenvalue weighted by Crippen LogP contribution is 2.19. The lowest BCUT2D eigenvalue weighted by molar-refractivity contribution is 0.599. The van der Waals surface area contributed by atoms with Crippen molar-refractivity contribution in [3.05, 3.63) is 24.0 Å². The standard InChI is InChI=1S/C12H19FN2/c1-3-5-10(4-2)15-12-7-6-9(14)8-11(12)13/h6-8,10,15H,3-5,14H2,1-2H3. The summed E-state index contributed by atoms with van der Waals surface area (Å²) < 4.78 is 13.4. The van der Waals surface area contributed by atoms with Gasteiger partial charge in [0.25, 0.3) is 0 Å². The van der Waals surface area contributed by atoms with E-state index in [1.54, 1.807) is 12.1 Å². The van der Waals surface area contributed by atoms with E-state index in [4.69, 9.17) is 5.73 Å². The van der Waals surface area contributed by atoms with Gasteiger partial charge in [0.1, 0.15) is 5.82 Å². The summed E-state index contributed by atoms with van der Waals surface area (Å²) in [4.78, 5) is 0. The molecule has 84 valence electrons. The first-order valence-electron chi connectivity index (χ1n) is 5.49. The molecule has 0 saturated carbocycles. The van der Waals surface area contributed by atoms with E-state index in [1.807, 2.05) is 0 Å². The summed E-state index contributed by atoms with van der Waals surface area (Å²) in [6, 6.07) is 5.10. The quantitative estimate of drug-likeness (QED) is 0.731. The number of nitrogens with two attached hydrogens (primary N) is 1. The van der Waals surface area contributed by atoms with Gasteiger partial charge in [0.05, 0.1) is 5.69 Å². The van der Waals surface area contributed by atoms with E-state index >= 15 is 0 Å². The second-order valence-corrected chi connectivity index (χ2v) is 3.78. The predicted molar refractivity (Wildman–Crippen MR) is 63.4 cm³/mol. The van der Waals surface area contributed by atoms with E-state index in [0.717, 1.165) is 19.3 Å². The minimum Gasteiger partial charge on any atom is -0.399 e. The van der Waals surface area contributed by atoms with Gasteiger partial charge in [-0.2, -0.15) is 0 Å². The van der Waals surface area contributed by atoms with Gasteiger partial charge in [-0.05, 0) is 31.0 Å². The molecule has 0 aromatic heterocycles. The van der Waals surface area contributed by atoms with Crippen LogP contribution in [0.3, 0.4) is 0 Å².